The Bertz CT molecular complexity index is 777. The summed E-state index contributed by atoms with van der Waals surface area (Å²) in [4.78, 5) is 20.8. The summed E-state index contributed by atoms with van der Waals surface area (Å²) in [6.45, 7) is 12.1. The fraction of sp³-hybridized carbons (Fsp3) is 0.500. The zero-order valence-electron chi connectivity index (χ0n) is 22.0. The molecule has 0 N–H and O–H groups in total. The molecule has 0 radical (unpaired) electrons. The van der Waals surface area contributed by atoms with Gasteiger partial charge in [-0.05, 0) is 61.6 Å². The lowest BCUT2D eigenvalue weighted by molar-refractivity contribution is -0.117. The van der Waals surface area contributed by atoms with E-state index in [1.165, 1.54) is 30.0 Å². The second-order valence-electron chi connectivity index (χ2n) is 9.09. The molecule has 0 aliphatic heterocycles. The summed E-state index contributed by atoms with van der Waals surface area (Å²) >= 11 is 3.45. The van der Waals surface area contributed by atoms with Crippen LogP contribution in [0.2, 0.25) is 0 Å². The Balaban J connectivity index is 0. The van der Waals surface area contributed by atoms with Gasteiger partial charge in [0.05, 0.1) is 0 Å². The molecule has 196 valence electrons. The third-order valence-electron chi connectivity index (χ3n) is 4.37. The molecule has 0 bridgehead atoms. The van der Waals surface area contributed by atoms with Gasteiger partial charge in [0, 0.05) is 18.7 Å². The molecule has 2 aromatic rings. The molecule has 2 rings (SSSR count). The summed E-state index contributed by atoms with van der Waals surface area (Å²) in [6.07, 6.45) is 4.36. The summed E-state index contributed by atoms with van der Waals surface area (Å²) in [6, 6.07) is 19.2. The molecular weight excluding hydrogens is 537 g/mol. The molecule has 0 saturated heterocycles. The molecule has 0 heterocycles. The molecule has 0 aliphatic rings. The number of ketones is 2. The van der Waals surface area contributed by atoms with Crippen LogP contribution in [-0.2, 0) is 28.9 Å². The van der Waals surface area contributed by atoms with E-state index in [2.05, 4.69) is 82.3 Å². The van der Waals surface area contributed by atoms with Gasteiger partial charge in [-0.15, -0.1) is 11.6 Å². The first-order chi connectivity index (χ1) is 16.4. The van der Waals surface area contributed by atoms with Crippen LogP contribution in [0.3, 0.4) is 0 Å². The van der Waals surface area contributed by atoms with Crippen molar-refractivity contribution < 1.29 is 9.59 Å². The van der Waals surface area contributed by atoms with Gasteiger partial charge in [-0.3, -0.25) is 4.79 Å². The first-order valence-electron chi connectivity index (χ1n) is 12.0. The van der Waals surface area contributed by atoms with Crippen LogP contribution in [0.4, 0.5) is 0 Å². The van der Waals surface area contributed by atoms with Crippen molar-refractivity contribution in [3.8, 4) is 0 Å². The lowest BCUT2D eigenvalue weighted by Crippen LogP contribution is -1.96. The summed E-state index contributed by atoms with van der Waals surface area (Å²) in [5.41, 5.74) is 4.09. The summed E-state index contributed by atoms with van der Waals surface area (Å²) < 4.78 is 0. The molecule has 2 nitrogen and oxygen atoms in total. The molecular formula is C28H41AlCl4O2. The molecule has 0 fully saturated rings. The van der Waals surface area contributed by atoms with E-state index in [0.717, 1.165) is 18.8 Å². The number of carbonyl (C=O) groups is 2. The average molecular weight is 578 g/mol. The number of hydrogen-bond acceptors (Lipinski definition) is 2. The molecule has 35 heavy (non-hydrogen) atoms. The largest absolute Gasteiger partial charge is 0.643 e. The number of halogens is 4. The molecule has 0 spiro atoms. The lowest BCUT2D eigenvalue weighted by Gasteiger charge is -2.05. The van der Waals surface area contributed by atoms with Crippen LogP contribution in [0, 0.1) is 11.8 Å². The van der Waals surface area contributed by atoms with Crippen molar-refractivity contribution in [2.75, 3.05) is 5.88 Å². The molecule has 2 aromatic carbocycles. The number of benzene rings is 2. The van der Waals surface area contributed by atoms with E-state index < -0.39 is 11.4 Å². The third kappa shape index (κ3) is 29.6. The second-order valence-corrected chi connectivity index (χ2v) is 15.9. The van der Waals surface area contributed by atoms with Crippen molar-refractivity contribution in [3.05, 3.63) is 71.3 Å². The van der Waals surface area contributed by atoms with E-state index in [-0.39, 0.29) is 11.6 Å². The Kier molecular flexibility index (Phi) is 25.0. The number of hydrogen-bond donors (Lipinski definition) is 0. The van der Waals surface area contributed by atoms with Crippen LogP contribution in [0.1, 0.15) is 71.1 Å². The van der Waals surface area contributed by atoms with Gasteiger partial charge in [-0.2, -0.15) is 0 Å². The van der Waals surface area contributed by atoms with Crippen molar-refractivity contribution in [3.63, 3.8) is 0 Å². The van der Waals surface area contributed by atoms with Crippen LogP contribution >= 0.6 is 41.7 Å². The van der Waals surface area contributed by atoms with Crippen LogP contribution in [0.25, 0.3) is 0 Å². The van der Waals surface area contributed by atoms with Gasteiger partial charge in [0.25, 0.3) is 0 Å². The maximum Gasteiger partial charge on any atom is 0.643 e. The van der Waals surface area contributed by atoms with Crippen molar-refractivity contribution in [2.24, 2.45) is 11.8 Å². The van der Waals surface area contributed by atoms with E-state index >= 15 is 0 Å². The van der Waals surface area contributed by atoms with Gasteiger partial charge in [0.2, 0.25) is 0 Å². The zero-order valence-corrected chi connectivity index (χ0v) is 26.2. The van der Waals surface area contributed by atoms with Crippen LogP contribution < -0.4 is 0 Å². The zero-order chi connectivity index (χ0) is 27.2. The minimum Gasteiger partial charge on any atom is -0.300 e. The monoisotopic (exact) mass is 576 g/mol. The van der Waals surface area contributed by atoms with Crippen molar-refractivity contribution in [1.82, 2.24) is 0 Å². The van der Waals surface area contributed by atoms with Crippen molar-refractivity contribution >= 4 is 64.7 Å². The number of aryl methyl sites for hydroxylation is 1. The highest BCUT2D eigenvalue weighted by Gasteiger charge is 2.01. The molecule has 0 aromatic heterocycles. The van der Waals surface area contributed by atoms with Crippen molar-refractivity contribution in [2.45, 2.75) is 73.6 Å². The average Bonchev–Trinajstić information content (AvgIpc) is 2.73. The van der Waals surface area contributed by atoms with Crippen LogP contribution in [0.5, 0.6) is 0 Å². The maximum absolute atomic E-state index is 10.8. The first-order valence-corrected chi connectivity index (χ1v) is 17.7. The van der Waals surface area contributed by atoms with Gasteiger partial charge in [0.15, 0.2) is 0 Å². The van der Waals surface area contributed by atoms with E-state index in [4.69, 9.17) is 41.7 Å². The van der Waals surface area contributed by atoms with E-state index in [0.29, 0.717) is 24.6 Å². The first kappa shape index (κ1) is 36.6. The minimum absolute atomic E-state index is 0.157. The van der Waals surface area contributed by atoms with Crippen LogP contribution in [0.15, 0.2) is 54.6 Å². The predicted octanol–water partition coefficient (Wildman–Crippen LogP) is 9.18. The van der Waals surface area contributed by atoms with Gasteiger partial charge in [-0.1, -0.05) is 82.3 Å². The fourth-order valence-corrected chi connectivity index (χ4v) is 3.12. The molecule has 7 heteroatoms. The topological polar surface area (TPSA) is 34.1 Å². The SMILES string of the molecule is CC(=O)CCCl.CC(=O)CCc1ccc(CC(C)C)cc1.CC(C)Cc1ccccc1.[Cl][Al]([Cl])[Cl]. The number of alkyl halides is 1. The second kappa shape index (κ2) is 23.8. The highest BCUT2D eigenvalue weighted by molar-refractivity contribution is 7.54. The summed E-state index contributed by atoms with van der Waals surface area (Å²) in [5.74, 6) is 2.34. The van der Waals surface area contributed by atoms with E-state index in [1.807, 2.05) is 0 Å². The van der Waals surface area contributed by atoms with Crippen LogP contribution in [-0.4, -0.2) is 28.8 Å². The Hall–Kier alpha value is -0.528. The van der Waals surface area contributed by atoms with Gasteiger partial charge >= 0.3 is 11.4 Å². The Morgan fingerprint density at radius 3 is 1.37 bits per heavy atom. The molecule has 0 aliphatic carbocycles. The molecule has 0 unspecified atom stereocenters. The lowest BCUT2D eigenvalue weighted by atomic mass is 10.0. The Morgan fingerprint density at radius 2 is 1.06 bits per heavy atom. The van der Waals surface area contributed by atoms with Crippen molar-refractivity contribution in [1.29, 1.82) is 0 Å². The summed E-state index contributed by atoms with van der Waals surface area (Å²) in [7, 11) is 14.8. The smallest absolute Gasteiger partial charge is 0.300 e. The maximum atomic E-state index is 10.8. The Morgan fingerprint density at radius 1 is 0.686 bits per heavy atom. The predicted molar refractivity (Wildman–Crippen MR) is 158 cm³/mol. The highest BCUT2D eigenvalue weighted by atomic mass is 35.8. The van der Waals surface area contributed by atoms with E-state index in [9.17, 15) is 9.59 Å². The highest BCUT2D eigenvalue weighted by Crippen LogP contribution is 2.11. The number of Topliss-reactive ketones (excluding diaryl/α,β-unsaturated/α-hetero) is 2. The fourth-order valence-electron chi connectivity index (χ4n) is 2.85. The molecule has 0 amide bonds. The van der Waals surface area contributed by atoms with Gasteiger partial charge in [0.1, 0.15) is 11.6 Å². The summed E-state index contributed by atoms with van der Waals surface area (Å²) in [5, 5.41) is 0. The third-order valence-corrected chi connectivity index (χ3v) is 4.55. The quantitative estimate of drug-likeness (QED) is 0.220. The molecule has 0 atom stereocenters. The van der Waals surface area contributed by atoms with Gasteiger partial charge in [-0.25, -0.2) is 30.1 Å². The minimum atomic E-state index is -1.72. The number of carbonyl (C=O) groups excluding carboxylic acids is 2. The van der Waals surface area contributed by atoms with Gasteiger partial charge < -0.3 is 4.79 Å². The number of rotatable bonds is 9. The Labute approximate surface area is 235 Å². The normalized spacial score (nSPS) is 9.71. The molecule has 0 saturated carbocycles. The van der Waals surface area contributed by atoms with E-state index in [1.54, 1.807) is 6.92 Å². The standard InChI is InChI=1S/C14H20O.C10H14.C4H7ClO.Al.3ClH/c1-11(2)10-14-8-6-13(7-9-14)5-4-12(3)15;1-9(2)8-10-6-4-3-5-7-10;1-4(6)2-3-5;;;;/h6-9,11H,4-5,10H2,1-3H3;3-7,9H,8H2,1-2H3;2-3H2,1H3;;3*1H/q;;;+3;;;/p-3.